The van der Waals surface area contributed by atoms with Gasteiger partial charge in [0.2, 0.25) is 16.0 Å². The van der Waals surface area contributed by atoms with E-state index in [0.29, 0.717) is 50.6 Å². The van der Waals surface area contributed by atoms with Crippen LogP contribution in [0.4, 0.5) is 14.7 Å². The first-order valence-corrected chi connectivity index (χ1v) is 13.4. The maximum Gasteiger partial charge on any atom is 0.387 e. The second-order valence-electron chi connectivity index (χ2n) is 9.86. The van der Waals surface area contributed by atoms with E-state index in [9.17, 15) is 27.1 Å². The van der Waals surface area contributed by atoms with Crippen LogP contribution >= 0.6 is 0 Å². The van der Waals surface area contributed by atoms with E-state index >= 15 is 0 Å². The zero-order valence-electron chi connectivity index (χ0n) is 19.4. The van der Waals surface area contributed by atoms with E-state index < -0.39 is 39.6 Å². The zero-order chi connectivity index (χ0) is 25.0. The summed E-state index contributed by atoms with van der Waals surface area (Å²) >= 11 is 0. The first kappa shape index (κ1) is 24.3. The number of alkyl halides is 2. The molecule has 0 spiro atoms. The Bertz CT molecular complexity index is 1270. The van der Waals surface area contributed by atoms with E-state index in [1.54, 1.807) is 11.2 Å². The number of ether oxygens (including phenoxy) is 1. The van der Waals surface area contributed by atoms with Crippen LogP contribution in [0.5, 0.6) is 5.75 Å². The van der Waals surface area contributed by atoms with Gasteiger partial charge in [-0.15, -0.1) is 0 Å². The predicted octanol–water partition coefficient (Wildman–Crippen LogP) is 2.24. The first-order chi connectivity index (χ1) is 16.6. The molecule has 2 N–H and O–H groups in total. The van der Waals surface area contributed by atoms with E-state index in [4.69, 9.17) is 0 Å². The second-order valence-corrected chi connectivity index (χ2v) is 12.1. The normalized spacial score (nSPS) is 26.5. The number of piperidine rings is 1. The van der Waals surface area contributed by atoms with Crippen LogP contribution < -0.4 is 15.6 Å². The lowest BCUT2D eigenvalue weighted by Gasteiger charge is -2.32. The molecule has 1 aliphatic heterocycles. The highest BCUT2D eigenvalue weighted by Crippen LogP contribution is 2.40. The maximum absolute atomic E-state index is 13.1. The van der Waals surface area contributed by atoms with Crippen LogP contribution in [-0.4, -0.2) is 69.0 Å². The zero-order valence-corrected chi connectivity index (χ0v) is 20.2. The van der Waals surface area contributed by atoms with Gasteiger partial charge in [-0.3, -0.25) is 9.36 Å². The van der Waals surface area contributed by atoms with Gasteiger partial charge >= 0.3 is 6.61 Å². The van der Waals surface area contributed by atoms with Crippen molar-refractivity contribution < 1.29 is 27.0 Å². The van der Waals surface area contributed by atoms with Gasteiger partial charge in [0.15, 0.2) is 5.75 Å². The number of nitrogens with one attached hydrogen (secondary N) is 1. The van der Waals surface area contributed by atoms with Gasteiger partial charge in [-0.1, -0.05) is 0 Å². The van der Waals surface area contributed by atoms with Crippen LogP contribution in [0.1, 0.15) is 57.9 Å². The quantitative estimate of drug-likeness (QED) is 0.577. The van der Waals surface area contributed by atoms with Crippen molar-refractivity contribution in [3.63, 3.8) is 0 Å². The van der Waals surface area contributed by atoms with E-state index in [1.165, 1.54) is 16.8 Å². The molecule has 2 aromatic rings. The minimum absolute atomic E-state index is 0.0608. The minimum atomic E-state index is -3.21. The Balaban J connectivity index is 1.43. The molecule has 2 aliphatic carbocycles. The van der Waals surface area contributed by atoms with E-state index in [1.807, 2.05) is 0 Å². The number of anilines is 1. The molecular formula is C22H29F2N5O5S. The monoisotopic (exact) mass is 513 g/mol. The molecule has 2 saturated carbocycles. The second kappa shape index (κ2) is 8.93. The van der Waals surface area contributed by atoms with E-state index in [0.717, 1.165) is 12.8 Å². The Labute approximate surface area is 201 Å². The summed E-state index contributed by atoms with van der Waals surface area (Å²) < 4.78 is 58.1. The lowest BCUT2D eigenvalue weighted by atomic mass is 10.00. The number of sulfonamides is 1. The smallest absolute Gasteiger partial charge is 0.387 e. The van der Waals surface area contributed by atoms with Gasteiger partial charge in [-0.25, -0.2) is 17.7 Å². The van der Waals surface area contributed by atoms with Crippen molar-refractivity contribution in [2.45, 2.75) is 81.4 Å². The van der Waals surface area contributed by atoms with Crippen molar-refractivity contribution in [1.29, 1.82) is 0 Å². The van der Waals surface area contributed by atoms with Crippen molar-refractivity contribution in [3.05, 3.63) is 22.6 Å². The standard InChI is InChI=1S/C22H29F2N5O5S/c1-22(31)8-2-3-17(22)29-18-13(11-16(19(29)30)34-20(23)24)12-25-21(27-18)26-14-6-9-28(10-7-14)35(32,33)15-4-5-15/h11-12,14-15,17,20,31H,2-10H2,1H3,(H,25,26,27)/t17-,22-/m1/s1. The van der Waals surface area contributed by atoms with Gasteiger partial charge in [0, 0.05) is 30.7 Å². The van der Waals surface area contributed by atoms with Gasteiger partial charge in [-0.2, -0.15) is 13.8 Å². The molecule has 3 heterocycles. The van der Waals surface area contributed by atoms with Gasteiger partial charge < -0.3 is 15.2 Å². The number of fused-ring (bicyclic) bond motifs is 1. The van der Waals surface area contributed by atoms with Crippen molar-refractivity contribution in [3.8, 4) is 5.75 Å². The van der Waals surface area contributed by atoms with Gasteiger partial charge in [-0.05, 0) is 57.9 Å². The molecule has 2 atom stereocenters. The SMILES string of the molecule is C[C@@]1(O)CCC[C@H]1n1c(=O)c(OC(F)F)cc2cnc(NC3CCN(S(=O)(=O)C4CC4)CC3)nc21. The third-order valence-corrected chi connectivity index (χ3v) is 9.64. The molecule has 35 heavy (non-hydrogen) atoms. The largest absolute Gasteiger partial charge is 0.429 e. The molecule has 0 unspecified atom stereocenters. The summed E-state index contributed by atoms with van der Waals surface area (Å²) in [6.07, 6.45) is 5.66. The lowest BCUT2D eigenvalue weighted by molar-refractivity contribution is -0.0513. The molecule has 13 heteroatoms. The van der Waals surface area contributed by atoms with Crippen LogP contribution in [0.25, 0.3) is 11.0 Å². The molecule has 2 aromatic heterocycles. The molecule has 0 bridgehead atoms. The number of nitrogens with zero attached hydrogens (tertiary/aromatic N) is 4. The van der Waals surface area contributed by atoms with Crippen LogP contribution in [-0.2, 0) is 10.0 Å². The van der Waals surface area contributed by atoms with Crippen LogP contribution in [0.2, 0.25) is 0 Å². The van der Waals surface area contributed by atoms with Crippen LogP contribution in [0, 0.1) is 0 Å². The highest BCUT2D eigenvalue weighted by atomic mass is 32.2. The summed E-state index contributed by atoms with van der Waals surface area (Å²) in [7, 11) is -3.21. The van der Waals surface area contributed by atoms with Gasteiger partial charge in [0.05, 0.1) is 16.9 Å². The average Bonchev–Trinajstić information content (AvgIpc) is 3.60. The Morgan fingerprint density at radius 3 is 2.54 bits per heavy atom. The Hall–Kier alpha value is -2.38. The summed E-state index contributed by atoms with van der Waals surface area (Å²) in [5.41, 5.74) is -1.78. The molecular weight excluding hydrogens is 484 g/mol. The Morgan fingerprint density at radius 2 is 1.94 bits per heavy atom. The fourth-order valence-electron chi connectivity index (χ4n) is 5.19. The predicted molar refractivity (Wildman–Crippen MR) is 124 cm³/mol. The van der Waals surface area contributed by atoms with Crippen molar-refractivity contribution in [1.82, 2.24) is 18.8 Å². The number of pyridine rings is 1. The van der Waals surface area contributed by atoms with Crippen LogP contribution in [0.3, 0.4) is 0 Å². The van der Waals surface area contributed by atoms with Crippen molar-refractivity contribution >= 4 is 27.0 Å². The number of aliphatic hydroxyl groups is 1. The number of hydrogen-bond acceptors (Lipinski definition) is 8. The topological polar surface area (TPSA) is 127 Å². The molecule has 192 valence electrons. The molecule has 3 fully saturated rings. The summed E-state index contributed by atoms with van der Waals surface area (Å²) in [4.78, 5) is 21.9. The number of aromatic nitrogens is 3. The lowest BCUT2D eigenvalue weighted by Crippen LogP contribution is -2.43. The Kier molecular flexibility index (Phi) is 6.20. The van der Waals surface area contributed by atoms with Crippen molar-refractivity contribution in [2.75, 3.05) is 18.4 Å². The number of rotatable bonds is 7. The third-order valence-electron chi connectivity index (χ3n) is 7.24. The third kappa shape index (κ3) is 4.73. The first-order valence-electron chi connectivity index (χ1n) is 11.9. The average molecular weight is 514 g/mol. The molecule has 0 aromatic carbocycles. The molecule has 0 amide bonds. The highest BCUT2D eigenvalue weighted by Gasteiger charge is 2.42. The fourth-order valence-corrected chi connectivity index (χ4v) is 7.06. The minimum Gasteiger partial charge on any atom is -0.429 e. The summed E-state index contributed by atoms with van der Waals surface area (Å²) in [5, 5.41) is 14.2. The summed E-state index contributed by atoms with van der Waals surface area (Å²) in [6.45, 7) is -0.732. The van der Waals surface area contributed by atoms with Crippen LogP contribution in [0.15, 0.2) is 17.1 Å². The van der Waals surface area contributed by atoms with E-state index in [-0.39, 0.29) is 22.9 Å². The fraction of sp³-hybridized carbons (Fsp3) is 0.682. The number of halogens is 2. The number of hydrogen-bond donors (Lipinski definition) is 2. The van der Waals surface area contributed by atoms with Crippen molar-refractivity contribution in [2.24, 2.45) is 0 Å². The van der Waals surface area contributed by atoms with E-state index in [2.05, 4.69) is 20.0 Å². The molecule has 3 aliphatic rings. The van der Waals surface area contributed by atoms with Gasteiger partial charge in [0.1, 0.15) is 5.65 Å². The molecule has 1 saturated heterocycles. The molecule has 0 radical (unpaired) electrons. The molecule has 5 rings (SSSR count). The summed E-state index contributed by atoms with van der Waals surface area (Å²) in [6, 6.07) is 0.473. The Morgan fingerprint density at radius 1 is 1.23 bits per heavy atom. The highest BCUT2D eigenvalue weighted by molar-refractivity contribution is 7.90. The van der Waals surface area contributed by atoms with Gasteiger partial charge in [0.25, 0.3) is 5.56 Å². The molecule has 10 nitrogen and oxygen atoms in total. The maximum atomic E-state index is 13.1. The summed E-state index contributed by atoms with van der Waals surface area (Å²) in [5.74, 6) is -0.280.